The van der Waals surface area contributed by atoms with Crippen LogP contribution in [0.1, 0.15) is 55.4 Å². The van der Waals surface area contributed by atoms with Gasteiger partial charge in [-0.15, -0.1) is 0 Å². The summed E-state index contributed by atoms with van der Waals surface area (Å²) in [6.45, 7) is 9.33. The molecule has 0 saturated heterocycles. The number of nitrogens with one attached hydrogen (secondary N) is 2. The largest absolute Gasteiger partial charge is 0.438 e. The second-order valence-corrected chi connectivity index (χ2v) is 10.8. The van der Waals surface area contributed by atoms with Crippen LogP contribution < -0.4 is 14.8 Å². The number of amides is 1. The lowest BCUT2D eigenvalue weighted by Crippen LogP contribution is -2.28. The van der Waals surface area contributed by atoms with E-state index in [0.717, 1.165) is 17.7 Å². The van der Waals surface area contributed by atoms with Crippen molar-refractivity contribution in [3.8, 4) is 11.6 Å². The fraction of sp³-hybridized carbons (Fsp3) is 0.375. The third-order valence-electron chi connectivity index (χ3n) is 5.29. The van der Waals surface area contributed by atoms with E-state index in [9.17, 15) is 23.3 Å². The molecule has 0 radical (unpaired) electrons. The zero-order chi connectivity index (χ0) is 27.3. The highest BCUT2D eigenvalue weighted by molar-refractivity contribution is 7.89. The normalized spacial score (nSPS) is 11.6. The quantitative estimate of drug-likeness (QED) is 0.280. The molecular formula is C24H30N6O6S. The van der Waals surface area contributed by atoms with E-state index in [1.807, 2.05) is 33.8 Å². The number of rotatable bonds is 11. The minimum atomic E-state index is -4.15. The number of ether oxygens (including phenoxy) is 1. The fourth-order valence-electron chi connectivity index (χ4n) is 3.32. The predicted octanol–water partition coefficient (Wildman–Crippen LogP) is 3.73. The Morgan fingerprint density at radius 2 is 1.95 bits per heavy atom. The second kappa shape index (κ2) is 11.5. The highest BCUT2D eigenvalue weighted by Gasteiger charge is 2.28. The number of benzene rings is 1. The van der Waals surface area contributed by atoms with Gasteiger partial charge in [0.15, 0.2) is 5.69 Å². The molecule has 0 spiro atoms. The molecule has 0 saturated carbocycles. The number of nitro groups is 1. The number of nitrogens with zero attached hydrogens (tertiary/aromatic N) is 4. The summed E-state index contributed by atoms with van der Waals surface area (Å²) < 4.78 is 36.1. The molecule has 37 heavy (non-hydrogen) atoms. The van der Waals surface area contributed by atoms with Gasteiger partial charge in [0.2, 0.25) is 15.9 Å². The van der Waals surface area contributed by atoms with Gasteiger partial charge in [-0.3, -0.25) is 19.9 Å². The Morgan fingerprint density at radius 1 is 1.22 bits per heavy atom. The molecular weight excluding hydrogens is 500 g/mol. The van der Waals surface area contributed by atoms with Gasteiger partial charge in [-0.05, 0) is 44.4 Å². The molecule has 2 N–H and O–H groups in total. The molecule has 0 aliphatic carbocycles. The summed E-state index contributed by atoms with van der Waals surface area (Å²) in [5, 5.41) is 18.5. The number of pyridine rings is 1. The van der Waals surface area contributed by atoms with Gasteiger partial charge in [0.1, 0.15) is 10.6 Å². The van der Waals surface area contributed by atoms with Gasteiger partial charge in [-0.1, -0.05) is 19.9 Å². The van der Waals surface area contributed by atoms with E-state index in [1.54, 1.807) is 25.4 Å². The number of non-ortho nitro benzene ring substituents is 1. The Bertz CT molecular complexity index is 1390. The molecule has 0 aliphatic rings. The van der Waals surface area contributed by atoms with Gasteiger partial charge in [-0.25, -0.2) is 17.8 Å². The number of hydrogen-bond donors (Lipinski definition) is 2. The lowest BCUT2D eigenvalue weighted by molar-refractivity contribution is -0.385. The molecule has 2 heterocycles. The standard InChI is InChI=1S/C24H30N6O6S/c1-15(2)12-27-37(34,35)21-11-19(30(32)33)8-9-20(21)36-24-17(5)22(28-29(24)16(3)4)23(31)26-14-18-7-6-10-25-13-18/h6-11,13,15-16,27H,12,14H2,1-5H3,(H,26,31). The predicted molar refractivity (Wildman–Crippen MR) is 136 cm³/mol. The van der Waals surface area contributed by atoms with E-state index in [-0.39, 0.29) is 47.3 Å². The summed E-state index contributed by atoms with van der Waals surface area (Å²) in [6.07, 6.45) is 3.27. The van der Waals surface area contributed by atoms with Crippen molar-refractivity contribution in [3.63, 3.8) is 0 Å². The Labute approximate surface area is 215 Å². The van der Waals surface area contributed by atoms with Crippen molar-refractivity contribution in [1.82, 2.24) is 24.8 Å². The zero-order valence-electron chi connectivity index (χ0n) is 21.3. The average Bonchev–Trinajstić information content (AvgIpc) is 3.18. The molecule has 13 heteroatoms. The molecule has 1 amide bonds. The highest BCUT2D eigenvalue weighted by Crippen LogP contribution is 2.35. The van der Waals surface area contributed by atoms with E-state index in [0.29, 0.717) is 5.56 Å². The van der Waals surface area contributed by atoms with Crippen LogP contribution >= 0.6 is 0 Å². The monoisotopic (exact) mass is 530 g/mol. The second-order valence-electron chi connectivity index (χ2n) is 9.10. The number of sulfonamides is 1. The summed E-state index contributed by atoms with van der Waals surface area (Å²) in [5.74, 6) is -0.416. The third-order valence-corrected chi connectivity index (χ3v) is 6.73. The molecule has 0 aliphatic heterocycles. The Kier molecular flexibility index (Phi) is 8.61. The summed E-state index contributed by atoms with van der Waals surface area (Å²) in [7, 11) is -4.15. The first kappa shape index (κ1) is 27.7. The molecule has 1 aromatic carbocycles. The van der Waals surface area contributed by atoms with E-state index in [2.05, 4.69) is 20.1 Å². The van der Waals surface area contributed by atoms with Gasteiger partial charge >= 0.3 is 0 Å². The number of aromatic nitrogens is 3. The van der Waals surface area contributed by atoms with Gasteiger partial charge in [0.05, 0.1) is 11.0 Å². The summed E-state index contributed by atoms with van der Waals surface area (Å²) >= 11 is 0. The Hall–Kier alpha value is -3.84. The van der Waals surface area contributed by atoms with Crippen molar-refractivity contribution in [2.24, 2.45) is 5.92 Å². The smallest absolute Gasteiger partial charge is 0.272 e. The third kappa shape index (κ3) is 6.68. The van der Waals surface area contributed by atoms with Gasteiger partial charge < -0.3 is 10.1 Å². The molecule has 0 atom stereocenters. The van der Waals surface area contributed by atoms with Crippen molar-refractivity contribution in [2.45, 2.75) is 52.1 Å². The van der Waals surface area contributed by atoms with Crippen LogP contribution in [-0.2, 0) is 16.6 Å². The maximum Gasteiger partial charge on any atom is 0.272 e. The molecule has 0 unspecified atom stereocenters. The van der Waals surface area contributed by atoms with Crippen LogP contribution in [0.15, 0.2) is 47.6 Å². The minimum Gasteiger partial charge on any atom is -0.438 e. The van der Waals surface area contributed by atoms with Crippen LogP contribution in [0, 0.1) is 23.0 Å². The first-order valence-corrected chi connectivity index (χ1v) is 13.1. The maximum atomic E-state index is 13.1. The van der Waals surface area contributed by atoms with Gasteiger partial charge in [0, 0.05) is 43.2 Å². The average molecular weight is 531 g/mol. The van der Waals surface area contributed by atoms with Gasteiger partial charge in [0.25, 0.3) is 11.6 Å². The van der Waals surface area contributed by atoms with E-state index < -0.39 is 26.5 Å². The van der Waals surface area contributed by atoms with Crippen molar-refractivity contribution in [1.29, 1.82) is 0 Å². The van der Waals surface area contributed by atoms with Crippen molar-refractivity contribution < 1.29 is 22.9 Å². The number of nitro benzene ring substituents is 1. The van der Waals surface area contributed by atoms with E-state index in [1.165, 1.54) is 10.7 Å². The topological polar surface area (TPSA) is 158 Å². The van der Waals surface area contributed by atoms with Gasteiger partial charge in [-0.2, -0.15) is 5.10 Å². The van der Waals surface area contributed by atoms with Crippen molar-refractivity contribution in [3.05, 3.63) is 69.7 Å². The summed E-state index contributed by atoms with van der Waals surface area (Å²) in [6, 6.07) is 6.67. The van der Waals surface area contributed by atoms with Crippen molar-refractivity contribution in [2.75, 3.05) is 6.54 Å². The van der Waals surface area contributed by atoms with Crippen LogP contribution in [0.5, 0.6) is 11.6 Å². The molecule has 0 fully saturated rings. The molecule has 198 valence electrons. The Balaban J connectivity index is 2.00. The fourth-order valence-corrected chi connectivity index (χ4v) is 4.68. The van der Waals surface area contributed by atoms with Crippen LogP contribution in [0.4, 0.5) is 5.69 Å². The zero-order valence-corrected chi connectivity index (χ0v) is 22.1. The number of carbonyl (C=O) groups is 1. The highest BCUT2D eigenvalue weighted by atomic mass is 32.2. The van der Waals surface area contributed by atoms with Crippen LogP contribution in [0.3, 0.4) is 0 Å². The Morgan fingerprint density at radius 3 is 2.54 bits per heavy atom. The summed E-state index contributed by atoms with van der Waals surface area (Å²) in [5.41, 5.74) is 0.899. The van der Waals surface area contributed by atoms with E-state index >= 15 is 0 Å². The maximum absolute atomic E-state index is 13.1. The van der Waals surface area contributed by atoms with Crippen LogP contribution in [0.2, 0.25) is 0 Å². The first-order chi connectivity index (χ1) is 17.4. The molecule has 12 nitrogen and oxygen atoms in total. The lowest BCUT2D eigenvalue weighted by Gasteiger charge is -2.16. The first-order valence-electron chi connectivity index (χ1n) is 11.6. The number of hydrogen-bond acceptors (Lipinski definition) is 8. The SMILES string of the molecule is Cc1c(C(=O)NCc2cccnc2)nn(C(C)C)c1Oc1ccc([N+](=O)[O-])cc1S(=O)(=O)NCC(C)C. The molecule has 0 bridgehead atoms. The minimum absolute atomic E-state index is 0.00944. The molecule has 2 aromatic heterocycles. The molecule has 3 aromatic rings. The summed E-state index contributed by atoms with van der Waals surface area (Å²) in [4.78, 5) is 27.2. The van der Waals surface area contributed by atoms with Crippen LogP contribution in [0.25, 0.3) is 0 Å². The van der Waals surface area contributed by atoms with E-state index in [4.69, 9.17) is 4.74 Å². The molecule has 3 rings (SSSR count). The van der Waals surface area contributed by atoms with Crippen LogP contribution in [-0.4, -0.2) is 40.6 Å². The van der Waals surface area contributed by atoms with Crippen molar-refractivity contribution >= 4 is 21.6 Å². The lowest BCUT2D eigenvalue weighted by atomic mass is 10.2. The number of carbonyl (C=O) groups excluding carboxylic acids is 1.